The van der Waals surface area contributed by atoms with Crippen LogP contribution in [0, 0.1) is 11.3 Å². The highest BCUT2D eigenvalue weighted by Gasteiger charge is 2.02. The number of nitrogen functional groups attached to an aromatic ring is 1. The van der Waals surface area contributed by atoms with Crippen molar-refractivity contribution in [2.75, 3.05) is 30.8 Å². The third-order valence-electron chi connectivity index (χ3n) is 2.14. The van der Waals surface area contributed by atoms with Gasteiger partial charge in [0.2, 0.25) is 0 Å². The van der Waals surface area contributed by atoms with Gasteiger partial charge in [0.1, 0.15) is 6.07 Å². The van der Waals surface area contributed by atoms with Gasteiger partial charge in [0.15, 0.2) is 0 Å². The SMILES string of the molecule is C=C(C)COCCNc1cccc(C#N)c1N. The maximum absolute atomic E-state index is 8.82. The average Bonchev–Trinajstić information content (AvgIpc) is 2.30. The van der Waals surface area contributed by atoms with Crippen LogP contribution >= 0.6 is 0 Å². The monoisotopic (exact) mass is 231 g/mol. The van der Waals surface area contributed by atoms with Crippen LogP contribution in [0.4, 0.5) is 11.4 Å². The van der Waals surface area contributed by atoms with Crippen LogP contribution in [0.2, 0.25) is 0 Å². The van der Waals surface area contributed by atoms with Crippen LogP contribution in [0.15, 0.2) is 30.4 Å². The lowest BCUT2D eigenvalue weighted by Crippen LogP contribution is -2.11. The molecule has 90 valence electrons. The Hall–Kier alpha value is -1.99. The van der Waals surface area contributed by atoms with E-state index >= 15 is 0 Å². The zero-order valence-corrected chi connectivity index (χ0v) is 9.99. The zero-order chi connectivity index (χ0) is 12.7. The smallest absolute Gasteiger partial charge is 0.101 e. The largest absolute Gasteiger partial charge is 0.396 e. The Kier molecular flexibility index (Phi) is 5.05. The predicted molar refractivity (Wildman–Crippen MR) is 69.7 cm³/mol. The molecule has 0 saturated carbocycles. The first kappa shape index (κ1) is 13.1. The standard InChI is InChI=1S/C13H17N3O/c1-10(2)9-17-7-6-16-12-5-3-4-11(8-14)13(12)15/h3-5,16H,1,6-7,9,15H2,2H3. The average molecular weight is 231 g/mol. The molecule has 4 heteroatoms. The van der Waals surface area contributed by atoms with Crippen molar-refractivity contribution in [3.05, 3.63) is 35.9 Å². The zero-order valence-electron chi connectivity index (χ0n) is 9.99. The first-order chi connectivity index (χ1) is 8.15. The van der Waals surface area contributed by atoms with Crippen molar-refractivity contribution in [2.24, 2.45) is 0 Å². The molecular formula is C13H17N3O. The molecule has 4 nitrogen and oxygen atoms in total. The van der Waals surface area contributed by atoms with E-state index in [9.17, 15) is 0 Å². The number of hydrogen-bond donors (Lipinski definition) is 2. The van der Waals surface area contributed by atoms with Crippen LogP contribution in [0.1, 0.15) is 12.5 Å². The fraction of sp³-hybridized carbons (Fsp3) is 0.308. The lowest BCUT2D eigenvalue weighted by Gasteiger charge is -2.10. The second-order valence-electron chi connectivity index (χ2n) is 3.82. The van der Waals surface area contributed by atoms with E-state index in [1.54, 1.807) is 12.1 Å². The molecular weight excluding hydrogens is 214 g/mol. The number of anilines is 2. The van der Waals surface area contributed by atoms with E-state index in [1.165, 1.54) is 0 Å². The molecule has 0 aliphatic rings. The lowest BCUT2D eigenvalue weighted by molar-refractivity contribution is 0.167. The Balaban J connectivity index is 2.42. The van der Waals surface area contributed by atoms with Gasteiger partial charge < -0.3 is 15.8 Å². The van der Waals surface area contributed by atoms with Gasteiger partial charge in [-0.3, -0.25) is 0 Å². The second-order valence-corrected chi connectivity index (χ2v) is 3.82. The summed E-state index contributed by atoms with van der Waals surface area (Å²) in [5.41, 5.74) is 8.55. The van der Waals surface area contributed by atoms with E-state index in [2.05, 4.69) is 11.9 Å². The summed E-state index contributed by atoms with van der Waals surface area (Å²) < 4.78 is 5.35. The van der Waals surface area contributed by atoms with Gasteiger partial charge in [-0.15, -0.1) is 0 Å². The normalized spacial score (nSPS) is 9.65. The number of rotatable bonds is 6. The second kappa shape index (κ2) is 6.56. The van der Waals surface area contributed by atoms with Gasteiger partial charge in [0.25, 0.3) is 0 Å². The van der Waals surface area contributed by atoms with Gasteiger partial charge in [-0.1, -0.05) is 18.2 Å². The van der Waals surface area contributed by atoms with Crippen molar-refractivity contribution in [1.82, 2.24) is 0 Å². The van der Waals surface area contributed by atoms with E-state index in [0.717, 1.165) is 11.3 Å². The molecule has 1 aromatic carbocycles. The Morgan fingerprint density at radius 2 is 2.35 bits per heavy atom. The Bertz CT molecular complexity index is 435. The summed E-state index contributed by atoms with van der Waals surface area (Å²) in [5, 5.41) is 12.0. The molecule has 0 unspecified atom stereocenters. The number of nitrogens with two attached hydrogens (primary N) is 1. The number of nitrogens with zero attached hydrogens (tertiary/aromatic N) is 1. The fourth-order valence-corrected chi connectivity index (χ4v) is 1.32. The molecule has 1 rings (SSSR count). The van der Waals surface area contributed by atoms with Gasteiger partial charge >= 0.3 is 0 Å². The summed E-state index contributed by atoms with van der Waals surface area (Å²) in [6, 6.07) is 7.38. The third kappa shape index (κ3) is 4.17. The molecule has 17 heavy (non-hydrogen) atoms. The Morgan fingerprint density at radius 3 is 3.00 bits per heavy atom. The van der Waals surface area contributed by atoms with Crippen LogP contribution < -0.4 is 11.1 Å². The van der Waals surface area contributed by atoms with Crippen molar-refractivity contribution in [3.8, 4) is 6.07 Å². The Labute approximate surface area is 102 Å². The molecule has 0 heterocycles. The summed E-state index contributed by atoms with van der Waals surface area (Å²) in [4.78, 5) is 0. The highest BCUT2D eigenvalue weighted by molar-refractivity contribution is 5.72. The Morgan fingerprint density at radius 1 is 1.59 bits per heavy atom. The van der Waals surface area contributed by atoms with Crippen LogP contribution in [0.5, 0.6) is 0 Å². The van der Waals surface area contributed by atoms with Crippen LogP contribution in [-0.2, 0) is 4.74 Å². The molecule has 3 N–H and O–H groups in total. The molecule has 0 spiro atoms. The number of ether oxygens (including phenoxy) is 1. The molecule has 0 fully saturated rings. The van der Waals surface area contributed by atoms with E-state index in [0.29, 0.717) is 31.0 Å². The maximum Gasteiger partial charge on any atom is 0.101 e. The van der Waals surface area contributed by atoms with Gasteiger partial charge in [0.05, 0.1) is 30.2 Å². The van der Waals surface area contributed by atoms with Crippen LogP contribution in [-0.4, -0.2) is 19.8 Å². The number of hydrogen-bond acceptors (Lipinski definition) is 4. The molecule has 0 amide bonds. The molecule has 0 bridgehead atoms. The van der Waals surface area contributed by atoms with Crippen molar-refractivity contribution >= 4 is 11.4 Å². The van der Waals surface area contributed by atoms with Gasteiger partial charge in [-0.2, -0.15) is 5.26 Å². The van der Waals surface area contributed by atoms with E-state index in [-0.39, 0.29) is 0 Å². The molecule has 0 atom stereocenters. The van der Waals surface area contributed by atoms with E-state index in [4.69, 9.17) is 15.7 Å². The topological polar surface area (TPSA) is 71.1 Å². The molecule has 0 aliphatic carbocycles. The molecule has 0 aromatic heterocycles. The first-order valence-electron chi connectivity index (χ1n) is 5.39. The number of nitriles is 1. The van der Waals surface area contributed by atoms with Crippen molar-refractivity contribution < 1.29 is 4.74 Å². The van der Waals surface area contributed by atoms with E-state index < -0.39 is 0 Å². The first-order valence-corrected chi connectivity index (χ1v) is 5.39. The number of nitrogens with one attached hydrogen (secondary N) is 1. The van der Waals surface area contributed by atoms with E-state index in [1.807, 2.05) is 19.1 Å². The van der Waals surface area contributed by atoms with Gasteiger partial charge in [-0.25, -0.2) is 0 Å². The lowest BCUT2D eigenvalue weighted by atomic mass is 10.1. The summed E-state index contributed by atoms with van der Waals surface area (Å²) in [6.45, 7) is 7.45. The summed E-state index contributed by atoms with van der Waals surface area (Å²) in [5.74, 6) is 0. The highest BCUT2D eigenvalue weighted by atomic mass is 16.5. The molecule has 1 aromatic rings. The van der Waals surface area contributed by atoms with Gasteiger partial charge in [0, 0.05) is 6.54 Å². The summed E-state index contributed by atoms with van der Waals surface area (Å²) in [6.07, 6.45) is 0. The third-order valence-corrected chi connectivity index (χ3v) is 2.14. The quantitative estimate of drug-likeness (QED) is 0.447. The number of para-hydroxylation sites is 1. The van der Waals surface area contributed by atoms with Crippen molar-refractivity contribution in [1.29, 1.82) is 5.26 Å². The fourth-order valence-electron chi connectivity index (χ4n) is 1.32. The predicted octanol–water partition coefficient (Wildman–Crippen LogP) is 2.15. The van der Waals surface area contributed by atoms with Gasteiger partial charge in [-0.05, 0) is 19.1 Å². The molecule has 0 radical (unpaired) electrons. The summed E-state index contributed by atoms with van der Waals surface area (Å²) >= 11 is 0. The minimum Gasteiger partial charge on any atom is -0.396 e. The van der Waals surface area contributed by atoms with Crippen LogP contribution in [0.25, 0.3) is 0 Å². The van der Waals surface area contributed by atoms with Crippen LogP contribution in [0.3, 0.4) is 0 Å². The number of benzene rings is 1. The summed E-state index contributed by atoms with van der Waals surface area (Å²) in [7, 11) is 0. The molecule has 0 saturated heterocycles. The molecule has 0 aliphatic heterocycles. The minimum absolute atomic E-state index is 0.481. The highest BCUT2D eigenvalue weighted by Crippen LogP contribution is 2.21. The minimum atomic E-state index is 0.481. The van der Waals surface area contributed by atoms with Crippen molar-refractivity contribution in [3.63, 3.8) is 0 Å². The van der Waals surface area contributed by atoms with Crippen molar-refractivity contribution in [2.45, 2.75) is 6.92 Å². The maximum atomic E-state index is 8.82.